The number of hydrogen-bond acceptors (Lipinski definition) is 3. The van der Waals surface area contributed by atoms with Crippen LogP contribution < -0.4 is 9.47 Å². The zero-order chi connectivity index (χ0) is 22.4. The van der Waals surface area contributed by atoms with Gasteiger partial charge in [0.1, 0.15) is 12.4 Å². The summed E-state index contributed by atoms with van der Waals surface area (Å²) in [6, 6.07) is 16.5. The maximum absolute atomic E-state index is 12.6. The van der Waals surface area contributed by atoms with Gasteiger partial charge >= 0.3 is 12.1 Å². The molecule has 0 spiro atoms. The van der Waals surface area contributed by atoms with E-state index < -0.39 is 17.7 Å². The third-order valence-corrected chi connectivity index (χ3v) is 4.47. The molecule has 0 unspecified atom stereocenters. The van der Waals surface area contributed by atoms with Gasteiger partial charge in [-0.2, -0.15) is 13.2 Å². The van der Waals surface area contributed by atoms with E-state index in [-0.39, 0.29) is 12.2 Å². The second-order valence-electron chi connectivity index (χ2n) is 6.62. The fourth-order valence-corrected chi connectivity index (χ4v) is 2.83. The second-order valence-corrected chi connectivity index (χ2v) is 6.62. The molecule has 0 aromatic heterocycles. The number of carboxylic acids is 1. The number of hydrogen-bond donors (Lipinski definition) is 1. The molecule has 4 nitrogen and oxygen atoms in total. The number of carboxylic acid groups (broad SMARTS) is 1. The number of rotatable bonds is 7. The fraction of sp³-hybridized carbons (Fsp3) is 0.125. The van der Waals surface area contributed by atoms with Crippen molar-refractivity contribution in [2.75, 3.05) is 6.61 Å². The molecule has 160 valence electrons. The topological polar surface area (TPSA) is 55.8 Å². The first-order valence-electron chi connectivity index (χ1n) is 9.32. The molecule has 0 atom stereocenters. The van der Waals surface area contributed by atoms with Gasteiger partial charge in [-0.15, -0.1) is 0 Å². The van der Waals surface area contributed by atoms with Gasteiger partial charge < -0.3 is 14.6 Å². The van der Waals surface area contributed by atoms with Crippen molar-refractivity contribution in [3.63, 3.8) is 0 Å². The van der Waals surface area contributed by atoms with E-state index in [9.17, 15) is 23.1 Å². The van der Waals surface area contributed by atoms with Crippen molar-refractivity contribution < 1.29 is 32.5 Å². The lowest BCUT2D eigenvalue weighted by Gasteiger charge is -2.14. The van der Waals surface area contributed by atoms with Crippen molar-refractivity contribution in [2.45, 2.75) is 13.1 Å². The molecule has 3 aromatic carbocycles. The maximum Gasteiger partial charge on any atom is 0.416 e. The summed E-state index contributed by atoms with van der Waals surface area (Å²) < 4.78 is 49.4. The molecule has 0 bridgehead atoms. The van der Waals surface area contributed by atoms with Gasteiger partial charge in [-0.25, -0.2) is 4.79 Å². The van der Waals surface area contributed by atoms with Crippen LogP contribution in [0.25, 0.3) is 6.08 Å². The van der Waals surface area contributed by atoms with E-state index in [2.05, 4.69) is 0 Å². The number of para-hydroxylation sites is 2. The summed E-state index contributed by atoms with van der Waals surface area (Å²) in [5.41, 5.74) is 0.554. The van der Waals surface area contributed by atoms with Gasteiger partial charge in [0, 0.05) is 5.56 Å². The lowest BCUT2D eigenvalue weighted by molar-refractivity contribution is -0.137. The highest BCUT2D eigenvalue weighted by molar-refractivity contribution is 5.90. The minimum absolute atomic E-state index is 0.148. The van der Waals surface area contributed by atoms with E-state index in [0.29, 0.717) is 28.4 Å². The number of halogens is 3. The average Bonchev–Trinajstić information content (AvgIpc) is 2.73. The third-order valence-electron chi connectivity index (χ3n) is 4.47. The Hall–Kier alpha value is -3.74. The smallest absolute Gasteiger partial charge is 0.416 e. The average molecular weight is 428 g/mol. The summed E-state index contributed by atoms with van der Waals surface area (Å²) in [6.07, 6.45) is -1.03. The maximum atomic E-state index is 12.6. The largest absolute Gasteiger partial charge is 0.486 e. The van der Waals surface area contributed by atoms with Crippen molar-refractivity contribution in [2.24, 2.45) is 0 Å². The molecule has 3 rings (SSSR count). The van der Waals surface area contributed by atoms with Gasteiger partial charge in [0.2, 0.25) is 0 Å². The molecule has 0 saturated heterocycles. The van der Waals surface area contributed by atoms with Gasteiger partial charge in [-0.1, -0.05) is 36.4 Å². The van der Waals surface area contributed by atoms with Crippen molar-refractivity contribution in [3.8, 4) is 17.2 Å². The van der Waals surface area contributed by atoms with Gasteiger partial charge in [0.15, 0.2) is 11.5 Å². The predicted molar refractivity (Wildman–Crippen MR) is 111 cm³/mol. The summed E-state index contributed by atoms with van der Waals surface area (Å²) >= 11 is 0. The quantitative estimate of drug-likeness (QED) is 0.461. The van der Waals surface area contributed by atoms with E-state index in [4.69, 9.17) is 9.47 Å². The molecule has 0 saturated carbocycles. The molecule has 0 aliphatic carbocycles. The highest BCUT2D eigenvalue weighted by Gasteiger charge is 2.29. The lowest BCUT2D eigenvalue weighted by atomic mass is 10.1. The Labute approximate surface area is 177 Å². The van der Waals surface area contributed by atoms with Crippen LogP contribution in [-0.2, 0) is 6.18 Å². The molecule has 0 amide bonds. The minimum Gasteiger partial charge on any atom is -0.486 e. The van der Waals surface area contributed by atoms with Crippen molar-refractivity contribution in [1.29, 1.82) is 0 Å². The number of benzene rings is 3. The van der Waals surface area contributed by atoms with Crippen molar-refractivity contribution >= 4 is 12.0 Å². The Balaban J connectivity index is 1.67. The van der Waals surface area contributed by atoms with Crippen LogP contribution in [0.5, 0.6) is 17.2 Å². The molecule has 31 heavy (non-hydrogen) atoms. The minimum atomic E-state index is -4.36. The first-order valence-corrected chi connectivity index (χ1v) is 9.32. The molecule has 1 N–H and O–H groups in total. The van der Waals surface area contributed by atoms with E-state index in [1.165, 1.54) is 18.2 Å². The number of carbonyl (C=O) groups is 1. The highest BCUT2D eigenvalue weighted by atomic mass is 19.4. The van der Waals surface area contributed by atoms with Gasteiger partial charge in [0.05, 0.1) is 11.1 Å². The SMILES string of the molecule is Cc1c(Oc2ccccc2OC/C=C/c2ccc(C(F)(F)F)cc2)cccc1C(=O)O. The Morgan fingerprint density at radius 2 is 1.58 bits per heavy atom. The molecule has 0 fully saturated rings. The molecule has 0 aliphatic rings. The van der Waals surface area contributed by atoms with E-state index in [1.807, 2.05) is 0 Å². The van der Waals surface area contributed by atoms with Crippen LogP contribution in [0.2, 0.25) is 0 Å². The lowest BCUT2D eigenvalue weighted by Crippen LogP contribution is -2.04. The Morgan fingerprint density at radius 3 is 2.23 bits per heavy atom. The Morgan fingerprint density at radius 1 is 0.935 bits per heavy atom. The third kappa shape index (κ3) is 5.66. The van der Waals surface area contributed by atoms with Crippen LogP contribution in [0.4, 0.5) is 13.2 Å². The van der Waals surface area contributed by atoms with Gasteiger partial charge in [-0.05, 0) is 55.0 Å². The van der Waals surface area contributed by atoms with Crippen LogP contribution in [0.1, 0.15) is 27.0 Å². The van der Waals surface area contributed by atoms with Crippen LogP contribution in [-0.4, -0.2) is 17.7 Å². The summed E-state index contributed by atoms with van der Waals surface area (Å²) in [5, 5.41) is 9.26. The molecular weight excluding hydrogens is 409 g/mol. The van der Waals surface area contributed by atoms with Crippen LogP contribution in [0.3, 0.4) is 0 Å². The number of alkyl halides is 3. The van der Waals surface area contributed by atoms with Crippen molar-refractivity contribution in [1.82, 2.24) is 0 Å². The van der Waals surface area contributed by atoms with Gasteiger partial charge in [-0.3, -0.25) is 0 Å². The van der Waals surface area contributed by atoms with Crippen LogP contribution in [0.15, 0.2) is 72.8 Å². The monoisotopic (exact) mass is 428 g/mol. The first-order chi connectivity index (χ1) is 14.8. The molecule has 7 heteroatoms. The molecular formula is C24H19F3O4. The molecule has 0 aliphatic heterocycles. The first kappa shape index (κ1) is 22.0. The van der Waals surface area contributed by atoms with E-state index >= 15 is 0 Å². The van der Waals surface area contributed by atoms with Gasteiger partial charge in [0.25, 0.3) is 0 Å². The van der Waals surface area contributed by atoms with Crippen LogP contribution in [0, 0.1) is 6.92 Å². The normalized spacial score (nSPS) is 11.5. The second kappa shape index (κ2) is 9.38. The summed E-state index contributed by atoms with van der Waals surface area (Å²) in [7, 11) is 0. The number of aromatic carboxylic acids is 1. The van der Waals surface area contributed by atoms with Crippen LogP contribution >= 0.6 is 0 Å². The fourth-order valence-electron chi connectivity index (χ4n) is 2.83. The molecule has 0 heterocycles. The zero-order valence-corrected chi connectivity index (χ0v) is 16.5. The predicted octanol–water partition coefficient (Wildman–Crippen LogP) is 6.60. The van der Waals surface area contributed by atoms with Crippen molar-refractivity contribution in [3.05, 3.63) is 95.1 Å². The summed E-state index contributed by atoms with van der Waals surface area (Å²) in [6.45, 7) is 1.82. The van der Waals surface area contributed by atoms with E-state index in [1.54, 1.807) is 55.5 Å². The molecule has 0 radical (unpaired) electrons. The Kier molecular flexibility index (Phi) is 6.65. The molecule has 3 aromatic rings. The van der Waals surface area contributed by atoms with E-state index in [0.717, 1.165) is 12.1 Å². The highest BCUT2D eigenvalue weighted by Crippen LogP contribution is 2.34. The number of ether oxygens (including phenoxy) is 2. The summed E-state index contributed by atoms with van der Waals surface area (Å²) in [4.78, 5) is 11.3. The standard InChI is InChI=1S/C24H19F3O4/c1-16-19(23(28)29)7-4-10-20(16)31-22-9-3-2-8-21(22)30-15-5-6-17-11-13-18(14-12-17)24(25,26)27/h2-14H,15H2,1H3,(H,28,29)/b6-5+. The summed E-state index contributed by atoms with van der Waals surface area (Å²) in [5.74, 6) is 0.216. The Bertz CT molecular complexity index is 1090. The zero-order valence-electron chi connectivity index (χ0n) is 16.5.